The van der Waals surface area contributed by atoms with Crippen molar-refractivity contribution in [3.05, 3.63) is 12.2 Å². The first-order valence-electron chi connectivity index (χ1n) is 9.80. The van der Waals surface area contributed by atoms with E-state index in [1.54, 1.807) is 0 Å². The molecule has 0 rings (SSSR count). The van der Waals surface area contributed by atoms with E-state index in [0.29, 0.717) is 6.42 Å². The second-order valence-electron chi connectivity index (χ2n) is 6.50. The van der Waals surface area contributed by atoms with Gasteiger partial charge in [0, 0.05) is 29.5 Å². The summed E-state index contributed by atoms with van der Waals surface area (Å²) in [5.41, 5.74) is 0. The van der Waals surface area contributed by atoms with Crippen LogP contribution in [0.1, 0.15) is 96.8 Å². The molecule has 0 fully saturated rings. The van der Waals surface area contributed by atoms with Gasteiger partial charge in [-0.1, -0.05) is 70.4 Å². The van der Waals surface area contributed by atoms with E-state index in [2.05, 4.69) is 24.4 Å². The Bertz CT molecular complexity index is 346. The molecular weight excluding hydrogens is 327 g/mol. The first-order chi connectivity index (χ1) is 11.7. The molecule has 4 nitrogen and oxygen atoms in total. The smallest absolute Gasteiger partial charge is 0.322 e. The number of carboxylic acid groups (broad SMARTS) is 1. The molecule has 0 saturated carbocycles. The number of carbonyl (C=O) groups is 2. The van der Waals surface area contributed by atoms with Crippen molar-refractivity contribution in [2.24, 2.45) is 0 Å². The molecule has 0 saturated heterocycles. The van der Waals surface area contributed by atoms with Crippen molar-refractivity contribution in [3.8, 4) is 0 Å². The van der Waals surface area contributed by atoms with E-state index in [1.807, 2.05) is 0 Å². The van der Waals surface area contributed by atoms with E-state index in [4.69, 9.17) is 5.11 Å². The van der Waals surface area contributed by atoms with Crippen molar-refractivity contribution < 1.29 is 14.7 Å². The average Bonchev–Trinajstić information content (AvgIpc) is 2.56. The number of nitrogens with one attached hydrogen (secondary N) is 1. The fourth-order valence-electron chi connectivity index (χ4n) is 2.62. The van der Waals surface area contributed by atoms with Crippen LogP contribution in [-0.4, -0.2) is 46.6 Å². The fourth-order valence-corrected chi connectivity index (χ4v) is 2.62. The predicted molar refractivity (Wildman–Crippen MR) is 106 cm³/mol. The van der Waals surface area contributed by atoms with Gasteiger partial charge in [-0.3, -0.25) is 9.59 Å². The predicted octanol–water partition coefficient (Wildman–Crippen LogP) is 4.84. The molecule has 0 atom stereocenters. The van der Waals surface area contributed by atoms with E-state index in [-0.39, 0.29) is 35.5 Å². The molecule has 1 amide bonds. The third-order valence-corrected chi connectivity index (χ3v) is 4.10. The number of rotatable bonds is 17. The molecule has 25 heavy (non-hydrogen) atoms. The maximum Gasteiger partial charge on any atom is 0.322 e. The molecule has 5 heteroatoms. The number of hydrogen-bond acceptors (Lipinski definition) is 2. The summed E-state index contributed by atoms with van der Waals surface area (Å²) in [4.78, 5) is 21.6. The molecule has 0 aliphatic rings. The molecule has 0 heterocycles. The first kappa shape index (κ1) is 26.7. The number of aliphatic carboxylic acids is 1. The van der Waals surface area contributed by atoms with Crippen molar-refractivity contribution in [1.82, 2.24) is 5.32 Å². The average molecular weight is 364 g/mol. The Morgan fingerprint density at radius 2 is 1.28 bits per heavy atom. The first-order valence-corrected chi connectivity index (χ1v) is 9.80. The van der Waals surface area contributed by atoms with Gasteiger partial charge in [-0.25, -0.2) is 0 Å². The number of amides is 1. The highest BCUT2D eigenvalue weighted by atomic mass is 24.3. The molecule has 0 aliphatic heterocycles. The molecule has 0 aliphatic carbocycles. The van der Waals surface area contributed by atoms with Crippen molar-refractivity contribution in [3.63, 3.8) is 0 Å². The van der Waals surface area contributed by atoms with Gasteiger partial charge in [0.05, 0.1) is 0 Å². The summed E-state index contributed by atoms with van der Waals surface area (Å²) < 4.78 is 0. The van der Waals surface area contributed by atoms with Gasteiger partial charge in [0.2, 0.25) is 5.91 Å². The van der Waals surface area contributed by atoms with Crippen LogP contribution in [-0.2, 0) is 9.59 Å². The normalized spacial score (nSPS) is 10.6. The molecule has 2 radical (unpaired) electrons. The molecule has 0 aromatic carbocycles. The minimum atomic E-state index is -0.993. The Morgan fingerprint density at radius 3 is 1.80 bits per heavy atom. The summed E-state index contributed by atoms with van der Waals surface area (Å²) in [6.07, 6.45) is 21.1. The summed E-state index contributed by atoms with van der Waals surface area (Å²) in [5, 5.41) is 10.8. The van der Waals surface area contributed by atoms with E-state index < -0.39 is 5.97 Å². The van der Waals surface area contributed by atoms with E-state index in [0.717, 1.165) is 25.7 Å². The number of carbonyl (C=O) groups excluding carboxylic acids is 1. The van der Waals surface area contributed by atoms with Crippen molar-refractivity contribution in [2.75, 3.05) is 6.54 Å². The van der Waals surface area contributed by atoms with Crippen LogP contribution in [0.2, 0.25) is 0 Å². The maximum atomic E-state index is 11.3. The van der Waals surface area contributed by atoms with Gasteiger partial charge in [-0.15, -0.1) is 0 Å². The number of hydrogen-bond donors (Lipinski definition) is 2. The highest BCUT2D eigenvalue weighted by Crippen LogP contribution is 2.09. The third kappa shape index (κ3) is 23.4. The standard InChI is InChI=1S/C20H37NO3.Mg/c1-2-3-4-5-6-7-8-9-10-11-12-13-14-15-16-17-19(22)21-18-20(23)24;/h9-10H,2-8,11-18H2,1H3,(H,21,22)(H,23,24);/b10-9-;. The summed E-state index contributed by atoms with van der Waals surface area (Å²) in [6.45, 7) is 1.98. The molecule has 142 valence electrons. The molecule has 2 N–H and O–H groups in total. The summed E-state index contributed by atoms with van der Waals surface area (Å²) >= 11 is 0. The van der Waals surface area contributed by atoms with Gasteiger partial charge in [-0.05, 0) is 32.1 Å². The Labute approximate surface area is 170 Å². The molecule has 0 aromatic heterocycles. The van der Waals surface area contributed by atoms with E-state index in [9.17, 15) is 9.59 Å². The van der Waals surface area contributed by atoms with Crippen LogP contribution in [0.3, 0.4) is 0 Å². The van der Waals surface area contributed by atoms with Crippen LogP contribution < -0.4 is 5.32 Å². The highest BCUT2D eigenvalue weighted by Gasteiger charge is 2.02. The quantitative estimate of drug-likeness (QED) is 0.221. The molecule has 0 unspecified atom stereocenters. The summed E-state index contributed by atoms with van der Waals surface area (Å²) in [7, 11) is 0. The fraction of sp³-hybridized carbons (Fsp3) is 0.800. The SMILES string of the molecule is CCCCCCCC/C=C\CCCCCCCC(=O)NCC(=O)O.[Mg]. The number of allylic oxidation sites excluding steroid dienone is 2. The van der Waals surface area contributed by atoms with E-state index in [1.165, 1.54) is 57.8 Å². The van der Waals surface area contributed by atoms with Gasteiger partial charge < -0.3 is 10.4 Å². The lowest BCUT2D eigenvalue weighted by atomic mass is 10.1. The summed E-state index contributed by atoms with van der Waals surface area (Å²) in [6, 6.07) is 0. The lowest BCUT2D eigenvalue weighted by Crippen LogP contribution is -2.28. The number of carboxylic acids is 1. The second-order valence-corrected chi connectivity index (χ2v) is 6.50. The topological polar surface area (TPSA) is 66.4 Å². The zero-order valence-electron chi connectivity index (χ0n) is 16.2. The minimum Gasteiger partial charge on any atom is -0.480 e. The zero-order valence-corrected chi connectivity index (χ0v) is 17.6. The van der Waals surface area contributed by atoms with Crippen molar-refractivity contribution >= 4 is 34.9 Å². The zero-order chi connectivity index (χ0) is 17.9. The van der Waals surface area contributed by atoms with Crippen LogP contribution in [0, 0.1) is 0 Å². The van der Waals surface area contributed by atoms with Crippen LogP contribution in [0.15, 0.2) is 12.2 Å². The highest BCUT2D eigenvalue weighted by molar-refractivity contribution is 5.80. The Morgan fingerprint density at radius 1 is 0.800 bits per heavy atom. The lowest BCUT2D eigenvalue weighted by molar-refractivity contribution is -0.137. The largest absolute Gasteiger partial charge is 0.480 e. The van der Waals surface area contributed by atoms with Gasteiger partial charge in [0.25, 0.3) is 0 Å². The molecule has 0 aromatic rings. The van der Waals surface area contributed by atoms with Crippen molar-refractivity contribution in [1.29, 1.82) is 0 Å². The van der Waals surface area contributed by atoms with Crippen LogP contribution >= 0.6 is 0 Å². The van der Waals surface area contributed by atoms with Gasteiger partial charge in [0.15, 0.2) is 0 Å². The summed E-state index contributed by atoms with van der Waals surface area (Å²) in [5.74, 6) is -1.15. The molecule has 0 spiro atoms. The number of unbranched alkanes of at least 4 members (excludes halogenated alkanes) is 11. The molecule has 0 bridgehead atoms. The Hall–Kier alpha value is -0.554. The Kier molecular flexibility index (Phi) is 22.9. The monoisotopic (exact) mass is 363 g/mol. The van der Waals surface area contributed by atoms with Crippen LogP contribution in [0.25, 0.3) is 0 Å². The van der Waals surface area contributed by atoms with Gasteiger partial charge in [-0.2, -0.15) is 0 Å². The molecular formula is C20H37MgNO3. The van der Waals surface area contributed by atoms with Crippen LogP contribution in [0.4, 0.5) is 0 Å². The minimum absolute atomic E-state index is 0. The third-order valence-electron chi connectivity index (χ3n) is 4.10. The van der Waals surface area contributed by atoms with Crippen LogP contribution in [0.5, 0.6) is 0 Å². The maximum absolute atomic E-state index is 11.3. The van der Waals surface area contributed by atoms with Gasteiger partial charge in [0.1, 0.15) is 6.54 Å². The van der Waals surface area contributed by atoms with E-state index >= 15 is 0 Å². The lowest BCUT2D eigenvalue weighted by Gasteiger charge is -2.02. The van der Waals surface area contributed by atoms with Gasteiger partial charge >= 0.3 is 5.97 Å². The Balaban J connectivity index is 0. The second kappa shape index (κ2) is 21.5. The van der Waals surface area contributed by atoms with Crippen molar-refractivity contribution in [2.45, 2.75) is 96.8 Å².